The number of nitrogens with zero attached hydrogens (tertiary/aromatic N) is 1. The molecule has 0 saturated carbocycles. The molecular weight excluding hydrogens is 272 g/mol. The van der Waals surface area contributed by atoms with E-state index < -0.39 is 17.5 Å². The maximum absolute atomic E-state index is 11.7. The Bertz CT molecular complexity index is 664. The number of nitrogens with one attached hydrogen (secondary N) is 1. The van der Waals surface area contributed by atoms with Gasteiger partial charge in [-0.2, -0.15) is 0 Å². The minimum absolute atomic E-state index is 0.00347. The van der Waals surface area contributed by atoms with Crippen molar-refractivity contribution in [3.05, 3.63) is 34.1 Å². The van der Waals surface area contributed by atoms with Crippen LogP contribution in [0.5, 0.6) is 0 Å². The van der Waals surface area contributed by atoms with Crippen molar-refractivity contribution in [2.45, 2.75) is 6.92 Å². The fourth-order valence-corrected chi connectivity index (χ4v) is 1.83. The summed E-state index contributed by atoms with van der Waals surface area (Å²) >= 11 is 5.60. The number of allylic oxidation sites excluding steroid dienone is 2. The molecular formula is C12H7ClN2O4. The van der Waals surface area contributed by atoms with E-state index >= 15 is 0 Å². The predicted octanol–water partition coefficient (Wildman–Crippen LogP) is 1.35. The number of aldehydes is 1. The van der Waals surface area contributed by atoms with Crippen molar-refractivity contribution in [1.82, 2.24) is 4.98 Å². The van der Waals surface area contributed by atoms with Gasteiger partial charge in [-0.15, -0.1) is 0 Å². The van der Waals surface area contributed by atoms with Crippen LogP contribution in [0.4, 0.5) is 5.69 Å². The van der Waals surface area contributed by atoms with E-state index in [1.54, 1.807) is 0 Å². The van der Waals surface area contributed by atoms with Crippen molar-refractivity contribution in [3.8, 4) is 0 Å². The number of carbonyl (C=O) groups is 4. The highest BCUT2D eigenvalue weighted by Gasteiger charge is 2.28. The summed E-state index contributed by atoms with van der Waals surface area (Å²) < 4.78 is 0. The quantitative estimate of drug-likeness (QED) is 0.824. The summed E-state index contributed by atoms with van der Waals surface area (Å²) in [5.74, 6) is -1.56. The van der Waals surface area contributed by atoms with Gasteiger partial charge in [0, 0.05) is 13.0 Å². The maximum Gasteiger partial charge on any atom is 0.223 e. The molecule has 19 heavy (non-hydrogen) atoms. The Morgan fingerprint density at radius 3 is 2.68 bits per heavy atom. The van der Waals surface area contributed by atoms with Crippen LogP contribution in [0.15, 0.2) is 17.2 Å². The zero-order chi connectivity index (χ0) is 14.2. The molecule has 0 fully saturated rings. The molecule has 0 unspecified atom stereocenters. The summed E-state index contributed by atoms with van der Waals surface area (Å²) in [6.07, 6.45) is 1.36. The predicted molar refractivity (Wildman–Crippen MR) is 66.5 cm³/mol. The molecule has 0 aromatic carbocycles. The average molecular weight is 279 g/mol. The van der Waals surface area contributed by atoms with Gasteiger partial charge in [-0.3, -0.25) is 19.2 Å². The van der Waals surface area contributed by atoms with Gasteiger partial charge >= 0.3 is 0 Å². The Hall–Kier alpha value is -2.34. The monoisotopic (exact) mass is 278 g/mol. The Morgan fingerprint density at radius 2 is 2.11 bits per heavy atom. The molecule has 1 amide bonds. The van der Waals surface area contributed by atoms with Crippen LogP contribution in [0.3, 0.4) is 0 Å². The van der Waals surface area contributed by atoms with E-state index in [4.69, 9.17) is 11.6 Å². The summed E-state index contributed by atoms with van der Waals surface area (Å²) in [6, 6.07) is 1.24. The van der Waals surface area contributed by atoms with Crippen LogP contribution < -0.4 is 5.32 Å². The molecule has 0 radical (unpaired) electrons. The third kappa shape index (κ3) is 2.30. The zero-order valence-electron chi connectivity index (χ0n) is 9.69. The minimum Gasteiger partial charge on any atom is -0.324 e. The third-order valence-electron chi connectivity index (χ3n) is 2.43. The SMILES string of the molecule is CC(=O)Nc1cc2c(nc1C=O)C(=O)C(Cl)=CC2=O. The van der Waals surface area contributed by atoms with Gasteiger partial charge in [-0.25, -0.2) is 4.98 Å². The number of anilines is 1. The van der Waals surface area contributed by atoms with Crippen molar-refractivity contribution >= 4 is 41.0 Å². The van der Waals surface area contributed by atoms with Crippen molar-refractivity contribution in [1.29, 1.82) is 0 Å². The summed E-state index contributed by atoms with van der Waals surface area (Å²) in [7, 11) is 0. The van der Waals surface area contributed by atoms with Gasteiger partial charge in [0.2, 0.25) is 11.7 Å². The van der Waals surface area contributed by atoms with Gasteiger partial charge in [0.25, 0.3) is 0 Å². The number of halogens is 1. The summed E-state index contributed by atoms with van der Waals surface area (Å²) in [5.41, 5.74) is -0.243. The Balaban J connectivity index is 2.65. The highest BCUT2D eigenvalue weighted by Crippen LogP contribution is 2.25. The average Bonchev–Trinajstić information content (AvgIpc) is 2.35. The summed E-state index contributed by atoms with van der Waals surface area (Å²) in [6.45, 7) is 1.25. The molecule has 0 atom stereocenters. The number of amides is 1. The topological polar surface area (TPSA) is 93.2 Å². The van der Waals surface area contributed by atoms with E-state index in [2.05, 4.69) is 10.3 Å². The third-order valence-corrected chi connectivity index (χ3v) is 2.71. The smallest absolute Gasteiger partial charge is 0.223 e. The first-order valence-electron chi connectivity index (χ1n) is 5.18. The molecule has 1 heterocycles. The largest absolute Gasteiger partial charge is 0.324 e. The maximum atomic E-state index is 11.7. The first-order chi connectivity index (χ1) is 8.93. The zero-order valence-corrected chi connectivity index (χ0v) is 10.4. The van der Waals surface area contributed by atoms with Crippen molar-refractivity contribution in [2.75, 3.05) is 5.32 Å². The molecule has 0 saturated heterocycles. The van der Waals surface area contributed by atoms with Crippen LogP contribution in [-0.4, -0.2) is 28.7 Å². The van der Waals surface area contributed by atoms with E-state index in [0.717, 1.165) is 6.08 Å². The molecule has 7 heteroatoms. The Kier molecular flexibility index (Phi) is 3.26. The number of fused-ring (bicyclic) bond motifs is 1. The molecule has 1 aromatic rings. The fourth-order valence-electron chi connectivity index (χ4n) is 1.64. The lowest BCUT2D eigenvalue weighted by atomic mass is 9.98. The normalized spacial score (nSPS) is 13.7. The number of pyridine rings is 1. The fraction of sp³-hybridized carbons (Fsp3) is 0.0833. The first kappa shape index (κ1) is 13.1. The second-order valence-corrected chi connectivity index (χ2v) is 4.21. The minimum atomic E-state index is -0.631. The van der Waals surface area contributed by atoms with Crippen molar-refractivity contribution in [3.63, 3.8) is 0 Å². The summed E-state index contributed by atoms with van der Waals surface area (Å²) in [5, 5.41) is 2.12. The van der Waals surface area contributed by atoms with Gasteiger partial charge in [-0.1, -0.05) is 11.6 Å². The van der Waals surface area contributed by atoms with Crippen LogP contribution >= 0.6 is 11.6 Å². The summed E-state index contributed by atoms with van der Waals surface area (Å²) in [4.78, 5) is 49.2. The number of aromatic nitrogens is 1. The number of ketones is 2. The van der Waals surface area contributed by atoms with Gasteiger partial charge in [0.15, 0.2) is 12.1 Å². The molecule has 96 valence electrons. The van der Waals surface area contributed by atoms with Gasteiger partial charge in [0.05, 0.1) is 16.3 Å². The molecule has 1 aliphatic carbocycles. The highest BCUT2D eigenvalue weighted by atomic mass is 35.5. The Labute approximate surface area is 112 Å². The van der Waals surface area contributed by atoms with Crippen LogP contribution in [-0.2, 0) is 4.79 Å². The molecule has 1 N–H and O–H groups in total. The van der Waals surface area contributed by atoms with Gasteiger partial charge < -0.3 is 5.32 Å². The van der Waals surface area contributed by atoms with E-state index in [-0.39, 0.29) is 27.7 Å². The van der Waals surface area contributed by atoms with Crippen LogP contribution in [0.1, 0.15) is 38.3 Å². The molecule has 0 spiro atoms. The Morgan fingerprint density at radius 1 is 1.42 bits per heavy atom. The van der Waals surface area contributed by atoms with Crippen molar-refractivity contribution < 1.29 is 19.2 Å². The van der Waals surface area contributed by atoms with E-state index in [1.807, 2.05) is 0 Å². The number of hydrogen-bond donors (Lipinski definition) is 1. The molecule has 0 aliphatic heterocycles. The lowest BCUT2D eigenvalue weighted by molar-refractivity contribution is -0.114. The van der Waals surface area contributed by atoms with Crippen LogP contribution in [0.2, 0.25) is 0 Å². The lowest BCUT2D eigenvalue weighted by Gasteiger charge is -2.13. The van der Waals surface area contributed by atoms with Gasteiger partial charge in [-0.05, 0) is 6.07 Å². The number of hydrogen-bond acceptors (Lipinski definition) is 5. The molecule has 6 nitrogen and oxygen atoms in total. The second-order valence-electron chi connectivity index (χ2n) is 3.80. The van der Waals surface area contributed by atoms with Crippen LogP contribution in [0, 0.1) is 0 Å². The lowest BCUT2D eigenvalue weighted by Crippen LogP contribution is -2.19. The first-order valence-corrected chi connectivity index (χ1v) is 5.56. The number of rotatable bonds is 2. The molecule has 0 bridgehead atoms. The number of Topliss-reactive ketones (excluding diaryl/α,β-unsaturated/α-hetero) is 1. The van der Waals surface area contributed by atoms with E-state index in [0.29, 0.717) is 6.29 Å². The van der Waals surface area contributed by atoms with Gasteiger partial charge in [0.1, 0.15) is 11.4 Å². The second kappa shape index (κ2) is 4.74. The van der Waals surface area contributed by atoms with E-state index in [1.165, 1.54) is 13.0 Å². The molecule has 2 rings (SSSR count). The molecule has 1 aromatic heterocycles. The van der Waals surface area contributed by atoms with E-state index in [9.17, 15) is 19.2 Å². The molecule has 1 aliphatic rings. The van der Waals surface area contributed by atoms with Crippen LogP contribution in [0.25, 0.3) is 0 Å². The number of carbonyl (C=O) groups excluding carboxylic acids is 4. The van der Waals surface area contributed by atoms with Crippen molar-refractivity contribution in [2.24, 2.45) is 0 Å². The standard InChI is InChI=1S/C12H7ClN2O4/c1-5(17)14-8-2-6-10(18)3-7(13)12(19)11(6)15-9(8)4-16/h2-4H,1H3,(H,14,17). The highest BCUT2D eigenvalue weighted by molar-refractivity contribution is 6.48.